The SMILES string of the molecule is [CH][N+]1(CC2CCc3[nH]c4ccccc4c3C2=O)C=CC=C1C. The molecule has 0 amide bonds. The summed E-state index contributed by atoms with van der Waals surface area (Å²) in [5.74, 6) is 0.206. The van der Waals surface area contributed by atoms with Gasteiger partial charge in [-0.15, -0.1) is 0 Å². The van der Waals surface area contributed by atoms with Crippen LogP contribution in [0, 0.1) is 13.0 Å². The number of hydrogen-bond donors (Lipinski definition) is 1. The first-order valence-electron chi connectivity index (χ1n) is 7.75. The molecule has 2 atom stereocenters. The van der Waals surface area contributed by atoms with Gasteiger partial charge in [-0.3, -0.25) is 9.28 Å². The summed E-state index contributed by atoms with van der Waals surface area (Å²) in [6.07, 6.45) is 7.72. The highest BCUT2D eigenvalue weighted by Gasteiger charge is 2.38. The van der Waals surface area contributed by atoms with E-state index in [-0.39, 0.29) is 16.2 Å². The number of quaternary nitrogens is 1. The Hall–Kier alpha value is -2.13. The van der Waals surface area contributed by atoms with Crippen LogP contribution < -0.4 is 0 Å². The van der Waals surface area contributed by atoms with Crippen LogP contribution >= 0.6 is 0 Å². The minimum Gasteiger partial charge on any atom is -0.358 e. The van der Waals surface area contributed by atoms with Crippen LogP contribution in [0.4, 0.5) is 0 Å². The van der Waals surface area contributed by atoms with Gasteiger partial charge in [0, 0.05) is 29.1 Å². The summed E-state index contributed by atoms with van der Waals surface area (Å²) < 4.78 is 0.258. The van der Waals surface area contributed by atoms with E-state index in [1.54, 1.807) is 0 Å². The number of nitrogens with zero attached hydrogens (tertiary/aromatic N) is 1. The summed E-state index contributed by atoms with van der Waals surface area (Å²) in [6.45, 7) is 2.65. The number of carbonyl (C=O) groups is 1. The van der Waals surface area contributed by atoms with E-state index in [1.165, 1.54) is 0 Å². The van der Waals surface area contributed by atoms with Gasteiger partial charge in [0.1, 0.15) is 11.9 Å². The second-order valence-corrected chi connectivity index (χ2v) is 6.39. The molecular formula is C19H19N2O+. The molecule has 22 heavy (non-hydrogen) atoms. The molecule has 3 heteroatoms. The van der Waals surface area contributed by atoms with Crippen LogP contribution in [-0.4, -0.2) is 21.8 Å². The standard InChI is InChI=1S/C19H19N2O/c1-13-6-5-11-21(13,2)12-14-9-10-17-18(19(14)22)15-7-3-4-8-16(15)20-17/h2-8,11,14,20H,9-10,12H2,1H3/q+1. The Labute approximate surface area is 130 Å². The number of carbonyl (C=O) groups excluding carboxylic acids is 1. The van der Waals surface area contributed by atoms with Gasteiger partial charge in [-0.1, -0.05) is 18.2 Å². The Kier molecular flexibility index (Phi) is 2.88. The number of benzene rings is 1. The highest BCUT2D eigenvalue weighted by Crippen LogP contribution is 2.34. The zero-order valence-electron chi connectivity index (χ0n) is 12.7. The summed E-state index contributed by atoms with van der Waals surface area (Å²) in [6, 6.07) is 8.04. The fraction of sp³-hybridized carbons (Fsp3) is 0.263. The fourth-order valence-corrected chi connectivity index (χ4v) is 3.66. The van der Waals surface area contributed by atoms with E-state index in [0.717, 1.165) is 40.7 Å². The number of H-pyrrole nitrogens is 1. The second kappa shape index (κ2) is 4.68. The highest BCUT2D eigenvalue weighted by atomic mass is 16.1. The summed E-state index contributed by atoms with van der Waals surface area (Å²) >= 11 is 0. The van der Waals surface area contributed by atoms with Crippen molar-refractivity contribution in [3.05, 3.63) is 66.6 Å². The Balaban J connectivity index is 1.70. The molecule has 1 aliphatic heterocycles. The number of ketones is 1. The van der Waals surface area contributed by atoms with E-state index in [9.17, 15) is 4.79 Å². The lowest BCUT2D eigenvalue weighted by Gasteiger charge is -2.31. The number of aryl methyl sites for hydroxylation is 1. The van der Waals surface area contributed by atoms with Crippen LogP contribution in [-0.2, 0) is 6.42 Å². The Morgan fingerprint density at radius 2 is 2.18 bits per heavy atom. The zero-order valence-corrected chi connectivity index (χ0v) is 12.7. The van der Waals surface area contributed by atoms with E-state index in [2.05, 4.69) is 4.98 Å². The molecule has 3 nitrogen and oxygen atoms in total. The number of Topliss-reactive ketones (excluding diaryl/α,β-unsaturated/α-hetero) is 1. The summed E-state index contributed by atoms with van der Waals surface area (Å²) in [5.41, 5.74) is 4.09. The Morgan fingerprint density at radius 1 is 1.36 bits per heavy atom. The van der Waals surface area contributed by atoms with Crippen molar-refractivity contribution in [2.75, 3.05) is 6.54 Å². The van der Waals surface area contributed by atoms with E-state index in [4.69, 9.17) is 7.05 Å². The number of aromatic nitrogens is 1. The van der Waals surface area contributed by atoms with Crippen LogP contribution in [0.25, 0.3) is 10.9 Å². The van der Waals surface area contributed by atoms with Crippen molar-refractivity contribution in [3.63, 3.8) is 0 Å². The van der Waals surface area contributed by atoms with Crippen molar-refractivity contribution >= 4 is 16.7 Å². The largest absolute Gasteiger partial charge is 0.358 e. The third kappa shape index (κ3) is 1.89. The van der Waals surface area contributed by atoms with Crippen LogP contribution in [0.1, 0.15) is 29.4 Å². The molecule has 0 fully saturated rings. The van der Waals surface area contributed by atoms with E-state index in [1.807, 2.05) is 49.5 Å². The Bertz CT molecular complexity index is 827. The average molecular weight is 291 g/mol. The van der Waals surface area contributed by atoms with Crippen molar-refractivity contribution in [1.29, 1.82) is 0 Å². The molecule has 2 heterocycles. The first-order valence-corrected chi connectivity index (χ1v) is 7.75. The number of rotatable bonds is 2. The molecule has 1 aliphatic carbocycles. The highest BCUT2D eigenvalue weighted by molar-refractivity contribution is 6.11. The second-order valence-electron chi connectivity index (χ2n) is 6.39. The van der Waals surface area contributed by atoms with Crippen LogP contribution in [0.15, 0.2) is 48.3 Å². The zero-order chi connectivity index (χ0) is 15.3. The van der Waals surface area contributed by atoms with E-state index < -0.39 is 0 Å². The monoisotopic (exact) mass is 291 g/mol. The van der Waals surface area contributed by atoms with Gasteiger partial charge in [-0.05, 0) is 31.1 Å². The smallest absolute Gasteiger partial charge is 0.216 e. The minimum atomic E-state index is -0.0252. The van der Waals surface area contributed by atoms with Gasteiger partial charge in [0.2, 0.25) is 7.05 Å². The Morgan fingerprint density at radius 3 is 2.95 bits per heavy atom. The predicted octanol–water partition coefficient (Wildman–Crippen LogP) is 3.83. The van der Waals surface area contributed by atoms with Crippen LogP contribution in [0.3, 0.4) is 0 Å². The first kappa shape index (κ1) is 13.5. The van der Waals surface area contributed by atoms with Crippen molar-refractivity contribution in [2.24, 2.45) is 5.92 Å². The summed E-state index contributed by atoms with van der Waals surface area (Å²) in [7, 11) is 6.43. The van der Waals surface area contributed by atoms with Gasteiger partial charge >= 0.3 is 0 Å². The molecule has 0 spiro atoms. The lowest BCUT2D eigenvalue weighted by atomic mass is 9.84. The van der Waals surface area contributed by atoms with Crippen molar-refractivity contribution in [2.45, 2.75) is 19.8 Å². The van der Waals surface area contributed by atoms with E-state index >= 15 is 0 Å². The summed E-state index contributed by atoms with van der Waals surface area (Å²) in [4.78, 5) is 16.4. The molecule has 2 radical (unpaired) electrons. The average Bonchev–Trinajstić information content (AvgIpc) is 3.04. The van der Waals surface area contributed by atoms with Gasteiger partial charge in [0.05, 0.1) is 12.5 Å². The molecular weight excluding hydrogens is 272 g/mol. The molecule has 1 aromatic carbocycles. The van der Waals surface area contributed by atoms with Gasteiger partial charge in [-0.25, -0.2) is 0 Å². The van der Waals surface area contributed by atoms with Crippen LogP contribution in [0.5, 0.6) is 0 Å². The normalized spacial score (nSPS) is 27.3. The molecule has 110 valence electrons. The maximum Gasteiger partial charge on any atom is 0.216 e. The number of aromatic amines is 1. The maximum absolute atomic E-state index is 13.0. The molecule has 0 saturated heterocycles. The molecule has 0 bridgehead atoms. The molecule has 2 aromatic rings. The minimum absolute atomic E-state index is 0.0252. The van der Waals surface area contributed by atoms with E-state index in [0.29, 0.717) is 6.54 Å². The topological polar surface area (TPSA) is 32.9 Å². The van der Waals surface area contributed by atoms with Gasteiger partial charge < -0.3 is 4.98 Å². The lowest BCUT2D eigenvalue weighted by Crippen LogP contribution is -2.41. The number of fused-ring (bicyclic) bond motifs is 3. The molecule has 2 unspecified atom stereocenters. The fourth-order valence-electron chi connectivity index (χ4n) is 3.66. The molecule has 4 rings (SSSR count). The summed E-state index contributed by atoms with van der Waals surface area (Å²) in [5, 5.41) is 1.04. The maximum atomic E-state index is 13.0. The van der Waals surface area contributed by atoms with Crippen molar-refractivity contribution in [1.82, 2.24) is 4.98 Å². The lowest BCUT2D eigenvalue weighted by molar-refractivity contribution is -0.794. The van der Waals surface area contributed by atoms with Crippen LogP contribution in [0.2, 0.25) is 0 Å². The van der Waals surface area contributed by atoms with Gasteiger partial charge in [0.15, 0.2) is 5.78 Å². The molecule has 1 N–H and O–H groups in total. The third-order valence-corrected chi connectivity index (χ3v) is 5.01. The predicted molar refractivity (Wildman–Crippen MR) is 86.8 cm³/mol. The van der Waals surface area contributed by atoms with Gasteiger partial charge in [-0.2, -0.15) is 0 Å². The molecule has 2 aliphatic rings. The van der Waals surface area contributed by atoms with Crippen molar-refractivity contribution < 1.29 is 9.28 Å². The number of para-hydroxylation sites is 1. The molecule has 1 aromatic heterocycles. The first-order chi connectivity index (χ1) is 10.6. The number of hydrogen-bond acceptors (Lipinski definition) is 1. The number of nitrogens with one attached hydrogen (secondary N) is 1. The van der Waals surface area contributed by atoms with Gasteiger partial charge in [0.25, 0.3) is 0 Å². The quantitative estimate of drug-likeness (QED) is 0.838. The van der Waals surface area contributed by atoms with Crippen molar-refractivity contribution in [3.8, 4) is 0 Å². The number of allylic oxidation sites excluding steroid dienone is 3. The third-order valence-electron chi connectivity index (χ3n) is 5.01. The molecule has 0 saturated carbocycles.